The Hall–Kier alpha value is -0.640. The van der Waals surface area contributed by atoms with Crippen LogP contribution in [0.15, 0.2) is 24.1 Å². The van der Waals surface area contributed by atoms with E-state index in [-0.39, 0.29) is 6.10 Å². The van der Waals surface area contributed by atoms with Crippen LogP contribution in [-0.2, 0) is 13.0 Å². The van der Waals surface area contributed by atoms with Crippen molar-refractivity contribution in [1.29, 1.82) is 0 Å². The first kappa shape index (κ1) is 11.8. The lowest BCUT2D eigenvalue weighted by molar-refractivity contribution is 0.0998. The van der Waals surface area contributed by atoms with Crippen molar-refractivity contribution < 1.29 is 5.11 Å². The van der Waals surface area contributed by atoms with Gasteiger partial charge in [-0.05, 0) is 36.3 Å². The Morgan fingerprint density at radius 1 is 1.62 bits per heavy atom. The van der Waals surface area contributed by atoms with Crippen molar-refractivity contribution in [1.82, 2.24) is 4.90 Å². The van der Waals surface area contributed by atoms with Crippen LogP contribution in [0.4, 0.5) is 0 Å². The molecule has 0 aromatic carbocycles. The van der Waals surface area contributed by atoms with Gasteiger partial charge >= 0.3 is 0 Å². The quantitative estimate of drug-likeness (QED) is 0.795. The minimum atomic E-state index is -0.210. The van der Waals surface area contributed by atoms with Gasteiger partial charge in [-0.1, -0.05) is 6.08 Å². The molecule has 2 nitrogen and oxygen atoms in total. The summed E-state index contributed by atoms with van der Waals surface area (Å²) in [6.07, 6.45) is 4.53. The summed E-state index contributed by atoms with van der Waals surface area (Å²) in [7, 11) is 0. The monoisotopic (exact) mass is 237 g/mol. The van der Waals surface area contributed by atoms with E-state index in [4.69, 9.17) is 0 Å². The van der Waals surface area contributed by atoms with Gasteiger partial charge in [-0.25, -0.2) is 0 Å². The van der Waals surface area contributed by atoms with E-state index >= 15 is 0 Å². The summed E-state index contributed by atoms with van der Waals surface area (Å²) in [5.74, 6) is 0. The Balaban J connectivity index is 1.82. The molecule has 2 heterocycles. The highest BCUT2D eigenvalue weighted by Gasteiger charge is 2.18. The second-order valence-corrected chi connectivity index (χ2v) is 5.37. The molecule has 0 bridgehead atoms. The normalized spacial score (nSPS) is 18.1. The molecule has 88 valence electrons. The van der Waals surface area contributed by atoms with Gasteiger partial charge in [0.15, 0.2) is 0 Å². The molecular weight excluding hydrogens is 218 g/mol. The van der Waals surface area contributed by atoms with Crippen LogP contribution in [0.25, 0.3) is 0 Å². The molecule has 0 radical (unpaired) electrons. The van der Waals surface area contributed by atoms with Crippen LogP contribution < -0.4 is 0 Å². The number of rotatable bonds is 5. The van der Waals surface area contributed by atoms with Crippen LogP contribution >= 0.6 is 11.3 Å². The van der Waals surface area contributed by atoms with E-state index in [1.807, 2.05) is 17.4 Å². The van der Waals surface area contributed by atoms with E-state index in [0.29, 0.717) is 0 Å². The Morgan fingerprint density at radius 3 is 3.31 bits per heavy atom. The van der Waals surface area contributed by atoms with Gasteiger partial charge in [0, 0.05) is 24.5 Å². The van der Waals surface area contributed by atoms with Crippen molar-refractivity contribution in [3.8, 4) is 0 Å². The molecule has 0 fully saturated rings. The van der Waals surface area contributed by atoms with Crippen molar-refractivity contribution in [3.63, 3.8) is 0 Å². The SMILES string of the molecule is C=CCCC(O)CN1CCc2sccc2C1. The molecule has 1 N–H and O–H groups in total. The molecule has 0 amide bonds. The first-order chi connectivity index (χ1) is 7.79. The average molecular weight is 237 g/mol. The molecule has 1 aromatic heterocycles. The highest BCUT2D eigenvalue weighted by Crippen LogP contribution is 2.24. The molecule has 1 aliphatic heterocycles. The predicted molar refractivity (Wildman–Crippen MR) is 68.7 cm³/mol. The van der Waals surface area contributed by atoms with Crippen molar-refractivity contribution in [2.45, 2.75) is 31.9 Å². The highest BCUT2D eigenvalue weighted by atomic mass is 32.1. The molecule has 1 unspecified atom stereocenters. The number of allylic oxidation sites excluding steroid dienone is 1. The maximum Gasteiger partial charge on any atom is 0.0670 e. The van der Waals surface area contributed by atoms with Crippen molar-refractivity contribution in [3.05, 3.63) is 34.5 Å². The fourth-order valence-corrected chi connectivity index (χ4v) is 3.05. The van der Waals surface area contributed by atoms with E-state index in [2.05, 4.69) is 22.9 Å². The lowest BCUT2D eigenvalue weighted by Crippen LogP contribution is -2.36. The topological polar surface area (TPSA) is 23.5 Å². The maximum absolute atomic E-state index is 9.84. The molecule has 1 atom stereocenters. The van der Waals surface area contributed by atoms with Crippen LogP contribution in [0, 0.1) is 0 Å². The van der Waals surface area contributed by atoms with E-state index < -0.39 is 0 Å². The number of nitrogens with zero attached hydrogens (tertiary/aromatic N) is 1. The van der Waals surface area contributed by atoms with E-state index in [9.17, 15) is 5.11 Å². The minimum Gasteiger partial charge on any atom is -0.392 e. The van der Waals surface area contributed by atoms with Gasteiger partial charge in [0.2, 0.25) is 0 Å². The summed E-state index contributed by atoms with van der Waals surface area (Å²) in [6, 6.07) is 2.21. The molecule has 0 saturated heterocycles. The first-order valence-corrected chi connectivity index (χ1v) is 6.74. The Kier molecular flexibility index (Phi) is 4.16. The Labute approximate surface area is 101 Å². The minimum absolute atomic E-state index is 0.210. The first-order valence-electron chi connectivity index (χ1n) is 5.86. The summed E-state index contributed by atoms with van der Waals surface area (Å²) in [4.78, 5) is 3.87. The van der Waals surface area contributed by atoms with Gasteiger partial charge in [0.1, 0.15) is 0 Å². The molecule has 0 spiro atoms. The Morgan fingerprint density at radius 2 is 2.50 bits per heavy atom. The predicted octanol–water partition coefficient (Wildman–Crippen LogP) is 2.43. The van der Waals surface area contributed by atoms with Gasteiger partial charge < -0.3 is 5.11 Å². The molecule has 1 aliphatic rings. The third kappa shape index (κ3) is 2.94. The molecule has 0 aliphatic carbocycles. The summed E-state index contributed by atoms with van der Waals surface area (Å²) < 4.78 is 0. The standard InChI is InChI=1S/C13H19NOS/c1-2-3-4-12(15)10-14-7-5-13-11(9-14)6-8-16-13/h2,6,8,12,15H,1,3-5,7,9-10H2. The lowest BCUT2D eigenvalue weighted by Gasteiger charge is -2.28. The molecule has 1 aromatic rings. The zero-order valence-electron chi connectivity index (χ0n) is 9.56. The molecule has 0 saturated carbocycles. The second kappa shape index (κ2) is 5.62. The fourth-order valence-electron chi connectivity index (χ4n) is 2.16. The van der Waals surface area contributed by atoms with Gasteiger partial charge in [-0.3, -0.25) is 4.90 Å². The number of thiophene rings is 1. The highest BCUT2D eigenvalue weighted by molar-refractivity contribution is 7.10. The van der Waals surface area contributed by atoms with Crippen molar-refractivity contribution in [2.75, 3.05) is 13.1 Å². The average Bonchev–Trinajstić information content (AvgIpc) is 2.73. The number of aliphatic hydroxyl groups is 1. The van der Waals surface area contributed by atoms with Crippen LogP contribution in [0.1, 0.15) is 23.3 Å². The third-order valence-corrected chi connectivity index (χ3v) is 4.08. The van der Waals surface area contributed by atoms with Crippen LogP contribution in [0.5, 0.6) is 0 Å². The summed E-state index contributed by atoms with van der Waals surface area (Å²) in [6.45, 7) is 6.56. The van der Waals surface area contributed by atoms with Gasteiger partial charge in [-0.15, -0.1) is 17.9 Å². The number of hydrogen-bond acceptors (Lipinski definition) is 3. The van der Waals surface area contributed by atoms with E-state index in [0.717, 1.165) is 38.9 Å². The smallest absolute Gasteiger partial charge is 0.0670 e. The Bertz CT molecular complexity index is 347. The zero-order chi connectivity index (χ0) is 11.4. The van der Waals surface area contributed by atoms with E-state index in [1.165, 1.54) is 10.4 Å². The molecule has 16 heavy (non-hydrogen) atoms. The van der Waals surface area contributed by atoms with Gasteiger partial charge in [0.25, 0.3) is 0 Å². The number of β-amino-alcohol motifs (C(OH)–C–C–N with tert-alkyl or cyclic N) is 1. The maximum atomic E-state index is 9.84. The van der Waals surface area contributed by atoms with Crippen LogP contribution in [-0.4, -0.2) is 29.2 Å². The van der Waals surface area contributed by atoms with Gasteiger partial charge in [0.05, 0.1) is 6.10 Å². The fraction of sp³-hybridized carbons (Fsp3) is 0.538. The summed E-state index contributed by atoms with van der Waals surface area (Å²) >= 11 is 1.86. The van der Waals surface area contributed by atoms with Gasteiger partial charge in [-0.2, -0.15) is 0 Å². The summed E-state index contributed by atoms with van der Waals surface area (Å²) in [5.41, 5.74) is 1.45. The summed E-state index contributed by atoms with van der Waals surface area (Å²) in [5, 5.41) is 12.0. The number of hydrogen-bond donors (Lipinski definition) is 1. The van der Waals surface area contributed by atoms with Crippen molar-refractivity contribution >= 4 is 11.3 Å². The van der Waals surface area contributed by atoms with Crippen LogP contribution in [0.3, 0.4) is 0 Å². The number of aliphatic hydroxyl groups excluding tert-OH is 1. The third-order valence-electron chi connectivity index (χ3n) is 3.06. The van der Waals surface area contributed by atoms with E-state index in [1.54, 1.807) is 0 Å². The van der Waals surface area contributed by atoms with Crippen LogP contribution in [0.2, 0.25) is 0 Å². The number of fused-ring (bicyclic) bond motifs is 1. The second-order valence-electron chi connectivity index (χ2n) is 4.37. The molecular formula is C13H19NOS. The largest absolute Gasteiger partial charge is 0.392 e. The zero-order valence-corrected chi connectivity index (χ0v) is 10.4. The molecule has 3 heteroatoms. The molecule has 2 rings (SSSR count). The van der Waals surface area contributed by atoms with Crippen molar-refractivity contribution in [2.24, 2.45) is 0 Å². The lowest BCUT2D eigenvalue weighted by atomic mass is 10.1.